The van der Waals surface area contributed by atoms with Gasteiger partial charge in [0.05, 0.1) is 0 Å². The molecule has 1 N–H and O–H groups in total. The summed E-state index contributed by atoms with van der Waals surface area (Å²) in [5.74, 6) is 0.907. The number of hydrogen-bond acceptors (Lipinski definition) is 2. The van der Waals surface area contributed by atoms with Gasteiger partial charge in [-0.1, -0.05) is 44.9 Å². The lowest BCUT2D eigenvalue weighted by molar-refractivity contribution is 0.394. The Hall–Kier alpha value is -0.470. The van der Waals surface area contributed by atoms with Crippen molar-refractivity contribution in [3.05, 3.63) is 29.8 Å². The average molecular weight is 292 g/mol. The highest BCUT2D eigenvalue weighted by Gasteiger charge is 2.21. The monoisotopic (exact) mass is 291 g/mol. The summed E-state index contributed by atoms with van der Waals surface area (Å²) in [7, 11) is 0. The second kappa shape index (κ2) is 8.09. The van der Waals surface area contributed by atoms with Crippen molar-refractivity contribution in [2.24, 2.45) is 5.92 Å². The number of thioether (sulfide) groups is 1. The Morgan fingerprint density at radius 2 is 2.10 bits per heavy atom. The SMILES string of the molecule is CCCNC(C)c1ccccc1SC1CCCC(C)C1. The predicted octanol–water partition coefficient (Wildman–Crippen LogP) is 5.42. The third kappa shape index (κ3) is 4.53. The van der Waals surface area contributed by atoms with Crippen molar-refractivity contribution in [3.8, 4) is 0 Å². The van der Waals surface area contributed by atoms with Gasteiger partial charge >= 0.3 is 0 Å². The second-order valence-corrected chi connectivity index (χ2v) is 7.57. The van der Waals surface area contributed by atoms with Crippen LogP contribution in [0.4, 0.5) is 0 Å². The van der Waals surface area contributed by atoms with Crippen LogP contribution in [0.2, 0.25) is 0 Å². The number of hydrogen-bond donors (Lipinski definition) is 1. The van der Waals surface area contributed by atoms with E-state index in [-0.39, 0.29) is 0 Å². The maximum absolute atomic E-state index is 3.62. The minimum Gasteiger partial charge on any atom is -0.310 e. The molecule has 0 heterocycles. The predicted molar refractivity (Wildman–Crippen MR) is 90.4 cm³/mol. The molecule has 0 bridgehead atoms. The molecule has 1 nitrogen and oxygen atoms in total. The maximum Gasteiger partial charge on any atom is 0.0302 e. The molecule has 1 aromatic carbocycles. The molecular weight excluding hydrogens is 262 g/mol. The van der Waals surface area contributed by atoms with Gasteiger partial charge in [-0.15, -0.1) is 11.8 Å². The van der Waals surface area contributed by atoms with Crippen molar-refractivity contribution < 1.29 is 0 Å². The van der Waals surface area contributed by atoms with Gasteiger partial charge < -0.3 is 5.32 Å². The standard InChI is InChI=1S/C18H29NS/c1-4-12-19-15(3)17-10-5-6-11-18(17)20-16-9-7-8-14(2)13-16/h5-6,10-11,14-16,19H,4,7-9,12-13H2,1-3H3. The lowest BCUT2D eigenvalue weighted by atomic mass is 9.91. The summed E-state index contributed by atoms with van der Waals surface area (Å²) in [6.07, 6.45) is 6.80. The molecule has 0 aliphatic heterocycles. The van der Waals surface area contributed by atoms with Gasteiger partial charge in [0.2, 0.25) is 0 Å². The molecule has 1 fully saturated rings. The highest BCUT2D eigenvalue weighted by atomic mass is 32.2. The van der Waals surface area contributed by atoms with Crippen LogP contribution in [-0.4, -0.2) is 11.8 Å². The van der Waals surface area contributed by atoms with Crippen LogP contribution < -0.4 is 5.32 Å². The van der Waals surface area contributed by atoms with Gasteiger partial charge in [0.15, 0.2) is 0 Å². The molecular formula is C18H29NS. The van der Waals surface area contributed by atoms with E-state index < -0.39 is 0 Å². The molecule has 3 atom stereocenters. The molecule has 1 saturated carbocycles. The number of rotatable bonds is 6. The molecule has 20 heavy (non-hydrogen) atoms. The first-order chi connectivity index (χ1) is 9.70. The fourth-order valence-electron chi connectivity index (χ4n) is 3.08. The molecule has 0 amide bonds. The fourth-order valence-corrected chi connectivity index (χ4v) is 4.69. The van der Waals surface area contributed by atoms with Crippen LogP contribution in [0.1, 0.15) is 64.5 Å². The lowest BCUT2D eigenvalue weighted by Gasteiger charge is -2.27. The summed E-state index contributed by atoms with van der Waals surface area (Å²) in [6, 6.07) is 9.42. The van der Waals surface area contributed by atoms with Crippen molar-refractivity contribution in [2.75, 3.05) is 6.54 Å². The normalized spacial score (nSPS) is 24.6. The van der Waals surface area contributed by atoms with Crippen molar-refractivity contribution in [1.82, 2.24) is 5.32 Å². The minimum absolute atomic E-state index is 0.458. The number of nitrogens with one attached hydrogen (secondary N) is 1. The second-order valence-electron chi connectivity index (χ2n) is 6.23. The molecule has 0 radical (unpaired) electrons. The van der Waals surface area contributed by atoms with Gasteiger partial charge in [0.25, 0.3) is 0 Å². The van der Waals surface area contributed by atoms with E-state index in [0.29, 0.717) is 6.04 Å². The molecule has 1 aliphatic carbocycles. The molecule has 0 spiro atoms. The van der Waals surface area contributed by atoms with Crippen LogP contribution in [0, 0.1) is 5.92 Å². The zero-order valence-electron chi connectivity index (χ0n) is 13.2. The summed E-state index contributed by atoms with van der Waals surface area (Å²) < 4.78 is 0. The van der Waals surface area contributed by atoms with Crippen molar-refractivity contribution >= 4 is 11.8 Å². The van der Waals surface area contributed by atoms with Gasteiger partial charge in [0.1, 0.15) is 0 Å². The highest BCUT2D eigenvalue weighted by Crippen LogP contribution is 2.38. The van der Waals surface area contributed by atoms with E-state index in [1.165, 1.54) is 42.6 Å². The lowest BCUT2D eigenvalue weighted by Crippen LogP contribution is -2.20. The highest BCUT2D eigenvalue weighted by molar-refractivity contribution is 8.00. The summed E-state index contributed by atoms with van der Waals surface area (Å²) in [6.45, 7) is 8.02. The van der Waals surface area contributed by atoms with Gasteiger partial charge in [-0.05, 0) is 50.3 Å². The fraction of sp³-hybridized carbons (Fsp3) is 0.667. The average Bonchev–Trinajstić information content (AvgIpc) is 2.45. The zero-order chi connectivity index (χ0) is 14.4. The van der Waals surface area contributed by atoms with Crippen LogP contribution >= 0.6 is 11.8 Å². The van der Waals surface area contributed by atoms with Gasteiger partial charge in [0, 0.05) is 16.2 Å². The van der Waals surface area contributed by atoms with E-state index in [9.17, 15) is 0 Å². The molecule has 3 unspecified atom stereocenters. The van der Waals surface area contributed by atoms with Crippen molar-refractivity contribution in [3.63, 3.8) is 0 Å². The first-order valence-corrected chi connectivity index (χ1v) is 9.07. The Labute approximate surface area is 128 Å². The topological polar surface area (TPSA) is 12.0 Å². The molecule has 2 heteroatoms. The Morgan fingerprint density at radius 1 is 1.30 bits per heavy atom. The Bertz CT molecular complexity index is 404. The van der Waals surface area contributed by atoms with Gasteiger partial charge in [-0.2, -0.15) is 0 Å². The van der Waals surface area contributed by atoms with E-state index in [1.54, 1.807) is 0 Å². The summed E-state index contributed by atoms with van der Waals surface area (Å²) in [4.78, 5) is 1.49. The number of benzene rings is 1. The van der Waals surface area contributed by atoms with E-state index in [2.05, 4.69) is 62.1 Å². The van der Waals surface area contributed by atoms with Crippen LogP contribution in [-0.2, 0) is 0 Å². The first kappa shape index (κ1) is 15.9. The summed E-state index contributed by atoms with van der Waals surface area (Å²) in [5, 5.41) is 4.44. The zero-order valence-corrected chi connectivity index (χ0v) is 14.0. The molecule has 2 rings (SSSR count). The van der Waals surface area contributed by atoms with Gasteiger partial charge in [-0.25, -0.2) is 0 Å². The minimum atomic E-state index is 0.458. The van der Waals surface area contributed by atoms with Gasteiger partial charge in [-0.3, -0.25) is 0 Å². The molecule has 0 aromatic heterocycles. The summed E-state index contributed by atoms with van der Waals surface area (Å²) in [5.41, 5.74) is 1.48. The molecule has 1 aromatic rings. The van der Waals surface area contributed by atoms with Crippen LogP contribution in [0.5, 0.6) is 0 Å². The smallest absolute Gasteiger partial charge is 0.0302 e. The van der Waals surface area contributed by atoms with Crippen LogP contribution in [0.25, 0.3) is 0 Å². The quantitative estimate of drug-likeness (QED) is 0.751. The summed E-state index contributed by atoms with van der Waals surface area (Å²) >= 11 is 2.12. The van der Waals surface area contributed by atoms with Crippen LogP contribution in [0.15, 0.2) is 29.2 Å². The molecule has 112 valence electrons. The van der Waals surface area contributed by atoms with Crippen molar-refractivity contribution in [2.45, 2.75) is 69.1 Å². The van der Waals surface area contributed by atoms with E-state index in [1.807, 2.05) is 0 Å². The Morgan fingerprint density at radius 3 is 2.85 bits per heavy atom. The van der Waals surface area contributed by atoms with E-state index >= 15 is 0 Å². The third-order valence-electron chi connectivity index (χ3n) is 4.27. The molecule has 1 aliphatic rings. The first-order valence-electron chi connectivity index (χ1n) is 8.19. The van der Waals surface area contributed by atoms with Crippen molar-refractivity contribution in [1.29, 1.82) is 0 Å². The van der Waals surface area contributed by atoms with E-state index in [0.717, 1.165) is 17.7 Å². The van der Waals surface area contributed by atoms with E-state index in [4.69, 9.17) is 0 Å². The maximum atomic E-state index is 3.62. The largest absolute Gasteiger partial charge is 0.310 e. The third-order valence-corrected chi connectivity index (χ3v) is 5.66. The van der Waals surface area contributed by atoms with Crippen LogP contribution in [0.3, 0.4) is 0 Å². The Balaban J connectivity index is 2.03. The molecule has 0 saturated heterocycles. The Kier molecular flexibility index (Phi) is 6.44.